The zero-order chi connectivity index (χ0) is 22.4. The molecule has 1 fully saturated rings. The van der Waals surface area contributed by atoms with Gasteiger partial charge < -0.3 is 10.1 Å². The highest BCUT2D eigenvalue weighted by atomic mass is 32.1. The summed E-state index contributed by atoms with van der Waals surface area (Å²) in [6.45, 7) is 4.50. The number of hydrogen-bond donors (Lipinski definition) is 2. The molecule has 0 radical (unpaired) electrons. The van der Waals surface area contributed by atoms with Crippen LogP contribution in [0.15, 0.2) is 54.6 Å². The Labute approximate surface area is 186 Å². The lowest BCUT2D eigenvalue weighted by Crippen LogP contribution is -2.49. The molecular weight excluding hydrogens is 416 g/mol. The fourth-order valence-corrected chi connectivity index (χ4v) is 3.62. The van der Waals surface area contributed by atoms with Crippen molar-refractivity contribution in [1.82, 2.24) is 15.3 Å². The highest BCUT2D eigenvalue weighted by Gasteiger charge is 2.43. The van der Waals surface area contributed by atoms with Gasteiger partial charge in [-0.25, -0.2) is 5.01 Å². The Hall–Kier alpha value is -3.46. The fourth-order valence-electron chi connectivity index (χ4n) is 3.22. The first-order valence-corrected chi connectivity index (χ1v) is 10.4. The predicted molar refractivity (Wildman–Crippen MR) is 120 cm³/mol. The number of carbonyl (C=O) groups excluding carboxylic acids is 3. The maximum absolute atomic E-state index is 12.8. The lowest BCUT2D eigenvalue weighted by atomic mass is 10.1. The molecule has 1 unspecified atom stereocenters. The van der Waals surface area contributed by atoms with E-state index in [9.17, 15) is 14.4 Å². The van der Waals surface area contributed by atoms with E-state index in [4.69, 9.17) is 17.0 Å². The van der Waals surface area contributed by atoms with E-state index >= 15 is 0 Å². The number of carbonyl (C=O) groups is 3. The summed E-state index contributed by atoms with van der Waals surface area (Å²) in [6, 6.07) is 14.6. The van der Waals surface area contributed by atoms with Crippen molar-refractivity contribution in [1.29, 1.82) is 0 Å². The van der Waals surface area contributed by atoms with Crippen LogP contribution in [0.25, 0.3) is 0 Å². The number of anilines is 1. The molecule has 0 aromatic heterocycles. The van der Waals surface area contributed by atoms with Gasteiger partial charge >= 0.3 is 0 Å². The first-order valence-electron chi connectivity index (χ1n) is 9.97. The predicted octanol–water partition coefficient (Wildman–Crippen LogP) is 2.58. The fraction of sp³-hybridized carbons (Fsp3) is 0.273. The third kappa shape index (κ3) is 5.18. The van der Waals surface area contributed by atoms with E-state index in [-0.39, 0.29) is 23.3 Å². The number of nitrogens with one attached hydrogen (secondary N) is 2. The molecule has 1 saturated heterocycles. The Balaban J connectivity index is 1.74. The Kier molecular flexibility index (Phi) is 7.19. The number of amides is 3. The molecule has 1 atom stereocenters. The zero-order valence-electron chi connectivity index (χ0n) is 17.3. The van der Waals surface area contributed by atoms with Gasteiger partial charge in [0.25, 0.3) is 11.8 Å². The first-order chi connectivity index (χ1) is 14.9. The third-order valence-corrected chi connectivity index (χ3v) is 5.10. The Morgan fingerprint density at radius 2 is 1.84 bits per heavy atom. The van der Waals surface area contributed by atoms with Crippen LogP contribution in [-0.4, -0.2) is 51.9 Å². The second-order valence-corrected chi connectivity index (χ2v) is 7.14. The Morgan fingerprint density at radius 3 is 2.52 bits per heavy atom. The van der Waals surface area contributed by atoms with Crippen LogP contribution in [0, 0.1) is 0 Å². The number of hydrazine groups is 1. The minimum atomic E-state index is -0.935. The molecular formula is C22H24N4O4S. The van der Waals surface area contributed by atoms with Crippen molar-refractivity contribution in [3.8, 4) is 5.75 Å². The molecule has 0 saturated carbocycles. The van der Waals surface area contributed by atoms with Crippen LogP contribution in [0.1, 0.15) is 30.6 Å². The van der Waals surface area contributed by atoms with E-state index in [0.29, 0.717) is 30.2 Å². The van der Waals surface area contributed by atoms with Gasteiger partial charge in [-0.3, -0.25) is 24.7 Å². The number of rotatable bonds is 8. The molecule has 0 spiro atoms. The normalized spacial score (nSPS) is 15.7. The van der Waals surface area contributed by atoms with E-state index in [1.807, 2.05) is 6.92 Å². The molecule has 2 aromatic rings. The first kappa shape index (κ1) is 22.2. The molecule has 0 aliphatic carbocycles. The van der Waals surface area contributed by atoms with E-state index in [2.05, 4.69) is 10.7 Å². The van der Waals surface area contributed by atoms with Crippen molar-refractivity contribution in [2.75, 3.05) is 18.5 Å². The number of thiocarbonyl (C=S) groups is 1. The summed E-state index contributed by atoms with van der Waals surface area (Å²) < 4.78 is 5.44. The second kappa shape index (κ2) is 10.0. The molecule has 2 aromatic carbocycles. The smallest absolute Gasteiger partial charge is 0.269 e. The van der Waals surface area contributed by atoms with E-state index in [1.54, 1.807) is 61.5 Å². The van der Waals surface area contributed by atoms with Crippen LogP contribution in [0.4, 0.5) is 5.69 Å². The summed E-state index contributed by atoms with van der Waals surface area (Å²) in [5.74, 6) is -0.498. The summed E-state index contributed by atoms with van der Waals surface area (Å²) in [7, 11) is 0. The molecule has 9 heteroatoms. The molecule has 3 rings (SSSR count). The molecule has 162 valence electrons. The van der Waals surface area contributed by atoms with Gasteiger partial charge in [-0.15, -0.1) is 0 Å². The quantitative estimate of drug-likeness (QED) is 0.613. The average Bonchev–Trinajstić information content (AvgIpc) is 2.98. The van der Waals surface area contributed by atoms with E-state index < -0.39 is 11.9 Å². The standard InChI is InChI=1S/C22H24N4O4S/c1-3-25-21(29)18(14-19(27)23-16-11-8-12-17(13-16)30-4-2)26(22(25)31)24-20(28)15-9-6-5-7-10-15/h5-13,18H,3-4,14H2,1-2H3,(H,23,27)(H,24,28). The van der Waals surface area contributed by atoms with Gasteiger partial charge in [0.1, 0.15) is 11.8 Å². The minimum Gasteiger partial charge on any atom is -0.494 e. The zero-order valence-corrected chi connectivity index (χ0v) is 18.1. The maximum Gasteiger partial charge on any atom is 0.269 e. The topological polar surface area (TPSA) is 91.0 Å². The SMILES string of the molecule is CCOc1cccc(NC(=O)CC2C(=O)N(CC)C(=S)N2NC(=O)c2ccccc2)c1. The summed E-state index contributed by atoms with van der Waals surface area (Å²) in [5, 5.41) is 4.23. The van der Waals surface area contributed by atoms with Crippen molar-refractivity contribution < 1.29 is 19.1 Å². The van der Waals surface area contributed by atoms with Gasteiger partial charge in [0, 0.05) is 23.9 Å². The number of benzene rings is 2. The molecule has 31 heavy (non-hydrogen) atoms. The van der Waals surface area contributed by atoms with Crippen LogP contribution >= 0.6 is 12.2 Å². The molecule has 1 aliphatic rings. The van der Waals surface area contributed by atoms with Gasteiger partial charge in [0.15, 0.2) is 5.11 Å². The van der Waals surface area contributed by atoms with Crippen molar-refractivity contribution in [2.24, 2.45) is 0 Å². The summed E-state index contributed by atoms with van der Waals surface area (Å²) >= 11 is 5.38. The van der Waals surface area contributed by atoms with Crippen LogP contribution in [0.5, 0.6) is 5.75 Å². The minimum absolute atomic E-state index is 0.160. The van der Waals surface area contributed by atoms with E-state index in [0.717, 1.165) is 0 Å². The Morgan fingerprint density at radius 1 is 1.10 bits per heavy atom. The monoisotopic (exact) mass is 440 g/mol. The molecule has 3 amide bonds. The third-order valence-electron chi connectivity index (χ3n) is 4.68. The molecule has 1 heterocycles. The second-order valence-electron chi connectivity index (χ2n) is 6.77. The van der Waals surface area contributed by atoms with Gasteiger partial charge in [-0.2, -0.15) is 0 Å². The van der Waals surface area contributed by atoms with Gasteiger partial charge in [-0.05, 0) is 50.3 Å². The van der Waals surface area contributed by atoms with Crippen molar-refractivity contribution in [3.05, 3.63) is 60.2 Å². The van der Waals surface area contributed by atoms with E-state index in [1.165, 1.54) is 9.91 Å². The summed E-state index contributed by atoms with van der Waals surface area (Å²) in [6.07, 6.45) is -0.177. The molecule has 0 bridgehead atoms. The molecule has 8 nitrogen and oxygen atoms in total. The van der Waals surface area contributed by atoms with Crippen molar-refractivity contribution in [3.63, 3.8) is 0 Å². The van der Waals surface area contributed by atoms with Gasteiger partial charge in [-0.1, -0.05) is 24.3 Å². The summed E-state index contributed by atoms with van der Waals surface area (Å²) in [4.78, 5) is 39.5. The molecule has 2 N–H and O–H groups in total. The van der Waals surface area contributed by atoms with Crippen LogP contribution < -0.4 is 15.5 Å². The Bertz CT molecular complexity index is 982. The summed E-state index contributed by atoms with van der Waals surface area (Å²) in [5.41, 5.74) is 3.65. The van der Waals surface area contributed by atoms with Crippen molar-refractivity contribution >= 4 is 40.7 Å². The number of likely N-dealkylation sites (N-methyl/N-ethyl adjacent to an activating group) is 1. The van der Waals surface area contributed by atoms with Crippen LogP contribution in [-0.2, 0) is 9.59 Å². The lowest BCUT2D eigenvalue weighted by Gasteiger charge is -2.24. The van der Waals surface area contributed by atoms with Crippen molar-refractivity contribution in [2.45, 2.75) is 26.3 Å². The van der Waals surface area contributed by atoms with Crippen LogP contribution in [0.2, 0.25) is 0 Å². The maximum atomic E-state index is 12.8. The number of hydrogen-bond acceptors (Lipinski definition) is 5. The van der Waals surface area contributed by atoms with Crippen LogP contribution in [0.3, 0.4) is 0 Å². The number of nitrogens with zero attached hydrogens (tertiary/aromatic N) is 2. The number of ether oxygens (including phenoxy) is 1. The van der Waals surface area contributed by atoms with Gasteiger partial charge in [0.2, 0.25) is 5.91 Å². The lowest BCUT2D eigenvalue weighted by molar-refractivity contribution is -0.130. The largest absolute Gasteiger partial charge is 0.494 e. The highest BCUT2D eigenvalue weighted by Crippen LogP contribution is 2.21. The average molecular weight is 441 g/mol. The van der Waals surface area contributed by atoms with Gasteiger partial charge in [0.05, 0.1) is 13.0 Å². The highest BCUT2D eigenvalue weighted by molar-refractivity contribution is 7.80. The molecule has 1 aliphatic heterocycles.